The quantitative estimate of drug-likeness (QED) is 0.0600. The summed E-state index contributed by atoms with van der Waals surface area (Å²) >= 11 is 0. The number of hydrogen-bond acceptors (Lipinski definition) is 35. The van der Waals surface area contributed by atoms with Crippen LogP contribution in [0.1, 0.15) is 114 Å². The van der Waals surface area contributed by atoms with Gasteiger partial charge in [-0.25, -0.2) is 9.59 Å². The third-order valence-corrected chi connectivity index (χ3v) is 16.7. The summed E-state index contributed by atoms with van der Waals surface area (Å²) in [4.78, 5) is 197. The number of amides is 3. The van der Waals surface area contributed by atoms with E-state index in [-0.39, 0.29) is 6.61 Å². The van der Waals surface area contributed by atoms with Gasteiger partial charge in [0.25, 0.3) is 0 Å². The number of esters is 11. The maximum atomic E-state index is 13.9. The highest BCUT2D eigenvalue weighted by molar-refractivity contribution is 5.82. The number of hydrogen-bond donors (Lipinski definition) is 4. The van der Waals surface area contributed by atoms with E-state index in [4.69, 9.17) is 94.7 Å². The Balaban J connectivity index is 1.35. The van der Waals surface area contributed by atoms with Crippen LogP contribution < -0.4 is 16.0 Å². The highest BCUT2D eigenvalue weighted by Gasteiger charge is 2.61. The summed E-state index contributed by atoms with van der Waals surface area (Å²) < 4.78 is 119. The molecular weight excluding hydrogens is 1450 g/mol. The molecule has 4 fully saturated rings. The minimum absolute atomic E-state index is 0.287. The van der Waals surface area contributed by atoms with E-state index >= 15 is 0 Å². The van der Waals surface area contributed by atoms with E-state index < -0.39 is 257 Å². The van der Waals surface area contributed by atoms with Crippen LogP contribution in [0.5, 0.6) is 0 Å². The van der Waals surface area contributed by atoms with Gasteiger partial charge in [-0.15, -0.1) is 0 Å². The molecule has 4 heterocycles. The predicted molar refractivity (Wildman–Crippen MR) is 350 cm³/mol. The molecule has 39 heteroatoms. The van der Waals surface area contributed by atoms with Crippen LogP contribution in [0.3, 0.4) is 0 Å². The van der Waals surface area contributed by atoms with Crippen molar-refractivity contribution in [2.45, 2.75) is 238 Å². The number of rotatable bonds is 30. The van der Waals surface area contributed by atoms with Crippen molar-refractivity contribution in [3.05, 3.63) is 59.7 Å². The number of carbonyl (C=O) groups excluding carboxylic acids is 14. The number of carboxylic acids is 1. The van der Waals surface area contributed by atoms with Crippen LogP contribution in [0.15, 0.2) is 48.5 Å². The molecule has 2 aromatic rings. The number of ether oxygens (including phenoxy) is 20. The first-order valence-electron chi connectivity index (χ1n) is 33.8. The van der Waals surface area contributed by atoms with Gasteiger partial charge < -0.3 is 116 Å². The lowest BCUT2D eigenvalue weighted by Crippen LogP contribution is -2.70. The van der Waals surface area contributed by atoms with E-state index in [0.717, 1.165) is 119 Å². The first kappa shape index (κ1) is 85.2. The van der Waals surface area contributed by atoms with E-state index in [0.29, 0.717) is 0 Å². The highest BCUT2D eigenvalue weighted by Crippen LogP contribution is 2.45. The van der Waals surface area contributed by atoms with Crippen molar-refractivity contribution < 1.29 is 172 Å². The molecule has 594 valence electrons. The van der Waals surface area contributed by atoms with Gasteiger partial charge in [-0.2, -0.15) is 0 Å². The Morgan fingerprint density at radius 2 is 0.704 bits per heavy atom. The Kier molecular flexibility index (Phi) is 30.5. The molecule has 5 aliphatic rings. The van der Waals surface area contributed by atoms with E-state index in [2.05, 4.69) is 16.0 Å². The van der Waals surface area contributed by atoms with Gasteiger partial charge in [0.2, 0.25) is 11.8 Å². The zero-order valence-corrected chi connectivity index (χ0v) is 61.2. The minimum Gasteiger partial charge on any atom is -0.480 e. The summed E-state index contributed by atoms with van der Waals surface area (Å²) in [5.74, 6) is -15.4. The maximum Gasteiger partial charge on any atom is 0.407 e. The molecule has 4 aliphatic heterocycles. The monoisotopic (exact) mass is 1530 g/mol. The molecule has 0 spiro atoms. The lowest BCUT2D eigenvalue weighted by molar-refractivity contribution is -0.360. The number of carboxylic acid groups (broad SMARTS) is 1. The van der Waals surface area contributed by atoms with Crippen molar-refractivity contribution in [2.24, 2.45) is 0 Å². The van der Waals surface area contributed by atoms with Gasteiger partial charge in [-0.3, -0.25) is 62.3 Å². The Bertz CT molecular complexity index is 3600. The standard InChI is InChI=1S/C69H87N3O36/c1-28(51(64(86)87)72-69(88)93-23-46-44-21-17-15-19-42(44)43-20-16-18-22-45(43)46)94-66-53(71-30(3)74)59(108-68-63(102-41(14)85)61(100-39(12)83)57(97-36(9)80)49(106-68)26-91-33(6)77)54(95-34(7)78)50(104-66)27-92-65-52(70-29(2)73)58(98-37(10)81)55(47(103-65)24-89-31(4)75)107-67-62(101-40(13)84)60(99-38(11)82)56(96-35(8)79)48(105-67)25-90-32(5)76/h15-22,28,46-63,65-68H,23-27H2,1-14H3,(H,70,73)(H,71,74)(H,72,88)(H,86,87)/t28-,47+,48+,49+,50+,51-,52+,53+,54+,55+,56-,57-,58+,59+,60-,61-,62+,63+,65+,66-,67-,68-/m0/s1. The van der Waals surface area contributed by atoms with Gasteiger partial charge in [-0.05, 0) is 29.2 Å². The number of alkyl carbamates (subject to hydrolysis) is 1. The fourth-order valence-electron chi connectivity index (χ4n) is 12.8. The van der Waals surface area contributed by atoms with E-state index in [9.17, 15) is 77.0 Å². The maximum absolute atomic E-state index is 13.9. The zero-order valence-electron chi connectivity index (χ0n) is 61.2. The third-order valence-electron chi connectivity index (χ3n) is 16.7. The van der Waals surface area contributed by atoms with Gasteiger partial charge in [0.05, 0.1) is 12.7 Å². The molecule has 0 bridgehead atoms. The predicted octanol–water partition coefficient (Wildman–Crippen LogP) is 0.222. The topological polar surface area (TPSA) is 497 Å². The van der Waals surface area contributed by atoms with Gasteiger partial charge in [0, 0.05) is 95.9 Å². The largest absolute Gasteiger partial charge is 0.480 e. The van der Waals surface area contributed by atoms with Crippen LogP contribution in [0.25, 0.3) is 11.1 Å². The molecule has 4 saturated heterocycles. The molecule has 22 atom stereocenters. The molecule has 0 aromatic heterocycles. The summed E-state index contributed by atoms with van der Waals surface area (Å²) in [5, 5.41) is 18.3. The first-order chi connectivity index (χ1) is 50.9. The van der Waals surface area contributed by atoms with Gasteiger partial charge >= 0.3 is 77.7 Å². The van der Waals surface area contributed by atoms with Crippen molar-refractivity contribution in [3.8, 4) is 11.1 Å². The Morgan fingerprint density at radius 1 is 0.370 bits per heavy atom. The molecule has 1 aliphatic carbocycles. The SMILES string of the molecule is CC(=O)N[C@H]1[C@@H](O[C@@H](C)[C@H](NC(=O)OCC2c3ccccc3-c3ccccc32)C(=O)O)O[C@H](CO[C@@H]2O[C@H](COC(C)=O)[C@@H](O[C@@H]3O[C@H](COC(C)=O)[C@H](OC(C)=O)[C@H](OC(C)=O)[C@H]3OC(C)=O)[C@H](OC(C)=O)[C@H]2NC(C)=O)[C@@H](OC(C)=O)[C@@H]1O[C@@H]1O[C@H](COC(C)=O)[C@H](OC(C)=O)[C@H](OC(C)=O)[C@H]1OC(C)=O. The van der Waals surface area contributed by atoms with Crippen LogP contribution in [0.4, 0.5) is 4.79 Å². The number of benzene rings is 2. The van der Waals surface area contributed by atoms with Crippen LogP contribution in [0.2, 0.25) is 0 Å². The van der Waals surface area contributed by atoms with Crippen molar-refractivity contribution in [1.29, 1.82) is 0 Å². The number of nitrogens with one attached hydrogen (secondary N) is 3. The third kappa shape index (κ3) is 23.2. The second-order valence-corrected chi connectivity index (χ2v) is 25.3. The lowest BCUT2D eigenvalue weighted by Gasteiger charge is -2.50. The number of fused-ring (bicyclic) bond motifs is 3. The summed E-state index contributed by atoms with van der Waals surface area (Å²) in [6.07, 6.45) is -38.0. The van der Waals surface area contributed by atoms with E-state index in [1.807, 2.05) is 36.4 Å². The zero-order chi connectivity index (χ0) is 79.7. The van der Waals surface area contributed by atoms with Crippen LogP contribution in [0, 0.1) is 0 Å². The van der Waals surface area contributed by atoms with Crippen molar-refractivity contribution in [2.75, 3.05) is 33.0 Å². The second-order valence-electron chi connectivity index (χ2n) is 25.3. The lowest BCUT2D eigenvalue weighted by atomic mass is 9.94. The molecular formula is C69H87N3O36. The number of aliphatic carboxylic acids is 1. The molecule has 2 aromatic carbocycles. The summed E-state index contributed by atoms with van der Waals surface area (Å²) in [7, 11) is 0. The Labute approximate surface area is 616 Å². The molecule has 0 radical (unpaired) electrons. The van der Waals surface area contributed by atoms with Crippen molar-refractivity contribution >= 4 is 89.5 Å². The van der Waals surface area contributed by atoms with Crippen LogP contribution in [-0.2, 0) is 162 Å². The van der Waals surface area contributed by atoms with Crippen LogP contribution >= 0.6 is 0 Å². The smallest absolute Gasteiger partial charge is 0.407 e. The first-order valence-corrected chi connectivity index (χ1v) is 33.8. The van der Waals surface area contributed by atoms with Crippen molar-refractivity contribution in [1.82, 2.24) is 16.0 Å². The fraction of sp³-hybridized carbons (Fsp3) is 0.609. The highest BCUT2D eigenvalue weighted by atomic mass is 16.8. The van der Waals surface area contributed by atoms with Gasteiger partial charge in [0.1, 0.15) is 75.1 Å². The van der Waals surface area contributed by atoms with Gasteiger partial charge in [0.15, 0.2) is 80.0 Å². The van der Waals surface area contributed by atoms with Crippen LogP contribution in [-0.4, -0.2) is 263 Å². The van der Waals surface area contributed by atoms with Gasteiger partial charge in [-0.1, -0.05) is 48.5 Å². The molecule has 0 unspecified atom stereocenters. The Hall–Kier alpha value is -10.0. The van der Waals surface area contributed by atoms with E-state index in [1.165, 1.54) is 0 Å². The molecule has 39 nitrogen and oxygen atoms in total. The fourth-order valence-corrected chi connectivity index (χ4v) is 12.8. The summed E-state index contributed by atoms with van der Waals surface area (Å²) in [6, 6.07) is 8.88. The normalized spacial score (nSPS) is 28.9. The number of carbonyl (C=O) groups is 15. The average molecular weight is 1530 g/mol. The summed E-state index contributed by atoms with van der Waals surface area (Å²) in [5.41, 5.74) is 3.39. The molecule has 0 saturated carbocycles. The molecule has 7 rings (SSSR count). The van der Waals surface area contributed by atoms with Crippen molar-refractivity contribution in [3.63, 3.8) is 0 Å². The molecule has 4 N–H and O–H groups in total. The average Bonchev–Trinajstić information content (AvgIpc) is 1.11. The van der Waals surface area contributed by atoms with E-state index in [1.54, 1.807) is 12.1 Å². The summed E-state index contributed by atoms with van der Waals surface area (Å²) in [6.45, 7) is 9.81. The molecule has 3 amide bonds. The second kappa shape index (κ2) is 38.7. The molecule has 108 heavy (non-hydrogen) atoms. The minimum atomic E-state index is -2.19. The Morgan fingerprint density at radius 3 is 1.10 bits per heavy atom.